The second kappa shape index (κ2) is 24.0. The Hall–Kier alpha value is -12.2. The molecule has 0 N–H and O–H groups in total. The van der Waals surface area contributed by atoms with E-state index in [9.17, 15) is 0 Å². The third-order valence-electron chi connectivity index (χ3n) is 22.6. The van der Waals surface area contributed by atoms with Gasteiger partial charge < -0.3 is 19.3 Å². The van der Waals surface area contributed by atoms with Crippen molar-refractivity contribution < 1.29 is 0 Å². The first kappa shape index (κ1) is 58.9. The van der Waals surface area contributed by atoms with E-state index in [0.29, 0.717) is 12.0 Å². The molecule has 101 heavy (non-hydrogen) atoms. The van der Waals surface area contributed by atoms with Crippen LogP contribution >= 0.6 is 0 Å². The van der Waals surface area contributed by atoms with Crippen molar-refractivity contribution in [2.75, 3.05) is 14.7 Å². The average molecular weight is 1290 g/mol. The van der Waals surface area contributed by atoms with Gasteiger partial charge in [-0.05, 0) is 236 Å². The van der Waals surface area contributed by atoms with Crippen LogP contribution in [0.4, 0.5) is 39.8 Å². The van der Waals surface area contributed by atoms with Gasteiger partial charge in [0.15, 0.2) is 0 Å². The van der Waals surface area contributed by atoms with Gasteiger partial charge in [0.1, 0.15) is 0 Å². The molecule has 5 aliphatic carbocycles. The van der Waals surface area contributed by atoms with E-state index in [1.165, 1.54) is 139 Å². The lowest BCUT2D eigenvalue weighted by molar-refractivity contribution is 0.565. The molecule has 0 radical (unpaired) electrons. The summed E-state index contributed by atoms with van der Waals surface area (Å²) in [5.41, 5.74) is 34.5. The fourth-order valence-electron chi connectivity index (χ4n) is 18.3. The van der Waals surface area contributed by atoms with Crippen LogP contribution in [-0.2, 0) is 11.8 Å². The van der Waals surface area contributed by atoms with Crippen LogP contribution in [0.3, 0.4) is 0 Å². The van der Waals surface area contributed by atoms with Gasteiger partial charge in [0.25, 0.3) is 0 Å². The van der Waals surface area contributed by atoms with Gasteiger partial charge >= 0.3 is 0 Å². The molecule has 0 amide bonds. The lowest BCUT2D eigenvalue weighted by Crippen LogP contribution is -2.30. The minimum Gasteiger partial charge on any atom is -0.337 e. The second-order valence-electron chi connectivity index (χ2n) is 27.9. The quantitative estimate of drug-likeness (QED) is 0.113. The van der Waals surface area contributed by atoms with Gasteiger partial charge in [0.2, 0.25) is 0 Å². The van der Waals surface area contributed by atoms with Crippen LogP contribution in [0.5, 0.6) is 0 Å². The van der Waals surface area contributed by atoms with Crippen LogP contribution in [0, 0.1) is 0 Å². The van der Waals surface area contributed by atoms with Crippen LogP contribution in [0.1, 0.15) is 70.7 Å². The Morgan fingerprint density at radius 2 is 0.921 bits per heavy atom. The van der Waals surface area contributed by atoms with Gasteiger partial charge in [-0.1, -0.05) is 249 Å². The number of hydrogen-bond acceptors (Lipinski definition) is 3. The number of anilines is 7. The molecule has 13 aromatic carbocycles. The zero-order chi connectivity index (χ0) is 66.5. The molecular weight excluding hydrogens is 1220 g/mol. The highest BCUT2D eigenvalue weighted by Gasteiger charge is 2.53. The number of para-hydroxylation sites is 3. The van der Waals surface area contributed by atoms with Crippen molar-refractivity contribution in [1.29, 1.82) is 0 Å². The normalized spacial score (nSPS) is 17.7. The molecule has 6 aliphatic rings. The molecule has 1 aliphatic heterocycles. The Kier molecular flexibility index (Phi) is 14.0. The number of aromatic nitrogens is 1. The maximum Gasteiger partial charge on any atom is 0.0725 e. The van der Waals surface area contributed by atoms with Crippen molar-refractivity contribution in [3.63, 3.8) is 0 Å². The molecule has 1 spiro atoms. The zero-order valence-electron chi connectivity index (χ0n) is 56.1. The average Bonchev–Trinajstić information content (AvgIpc) is 1.50. The molecule has 20 rings (SSSR count). The molecule has 480 valence electrons. The summed E-state index contributed by atoms with van der Waals surface area (Å²) in [5.74, 6) is 0.355. The van der Waals surface area contributed by atoms with E-state index in [1.807, 2.05) is 0 Å². The first-order valence-electron chi connectivity index (χ1n) is 36.0. The van der Waals surface area contributed by atoms with Crippen LogP contribution in [0.2, 0.25) is 0 Å². The molecule has 4 heteroatoms. The highest BCUT2D eigenvalue weighted by molar-refractivity contribution is 6.04. The van der Waals surface area contributed by atoms with Crippen molar-refractivity contribution in [1.82, 2.24) is 4.57 Å². The molecule has 0 saturated carbocycles. The fraction of sp³-hybridized carbons (Fsp3) is 0.0928. The summed E-state index contributed by atoms with van der Waals surface area (Å²) >= 11 is 0. The smallest absolute Gasteiger partial charge is 0.0725 e. The van der Waals surface area contributed by atoms with E-state index in [1.54, 1.807) is 0 Å². The summed E-state index contributed by atoms with van der Waals surface area (Å²) in [4.78, 5) is 7.53. The maximum absolute atomic E-state index is 2.59. The van der Waals surface area contributed by atoms with Crippen LogP contribution in [0.15, 0.2) is 352 Å². The maximum atomic E-state index is 2.59. The van der Waals surface area contributed by atoms with Crippen LogP contribution in [-0.4, -0.2) is 16.7 Å². The number of nitrogens with zero attached hydrogens (tertiary/aromatic N) is 4. The predicted octanol–water partition coefficient (Wildman–Crippen LogP) is 25.0. The largest absolute Gasteiger partial charge is 0.337 e. The lowest BCUT2D eigenvalue weighted by atomic mass is 9.70. The fourth-order valence-corrected chi connectivity index (χ4v) is 18.3. The van der Waals surface area contributed by atoms with Crippen LogP contribution in [0.25, 0.3) is 89.4 Å². The highest BCUT2D eigenvalue weighted by atomic mass is 15.2. The molecule has 0 fully saturated rings. The first-order chi connectivity index (χ1) is 50.1. The summed E-state index contributed by atoms with van der Waals surface area (Å²) in [5, 5.41) is 1.30. The molecule has 1 aromatic heterocycles. The van der Waals surface area contributed by atoms with Gasteiger partial charge in [-0.3, -0.25) is 0 Å². The van der Waals surface area contributed by atoms with Gasteiger partial charge in [0.05, 0.1) is 17.0 Å². The number of hydrogen-bond donors (Lipinski definition) is 0. The minimum atomic E-state index is -0.539. The number of benzene rings is 13. The van der Waals surface area contributed by atoms with Crippen molar-refractivity contribution >= 4 is 56.8 Å². The van der Waals surface area contributed by atoms with Gasteiger partial charge in [-0.15, -0.1) is 0 Å². The summed E-state index contributed by atoms with van der Waals surface area (Å²) in [6.07, 6.45) is 23.8. The third kappa shape index (κ3) is 9.42. The molecule has 0 saturated heterocycles. The molecular formula is C97H72N4. The van der Waals surface area contributed by atoms with E-state index in [-0.39, 0.29) is 6.04 Å². The summed E-state index contributed by atoms with van der Waals surface area (Å²) < 4.78 is 2.48. The number of allylic oxidation sites excluding steroid dienone is 4. The first-order valence-corrected chi connectivity index (χ1v) is 36.0. The van der Waals surface area contributed by atoms with Gasteiger partial charge in [-0.25, -0.2) is 0 Å². The Balaban J connectivity index is 0.643. The third-order valence-corrected chi connectivity index (χ3v) is 22.6. The molecule has 0 bridgehead atoms. The SMILES string of the molecule is C1=CCC(N(c2ccc(-c3cccc4c3-c3ccccc3C43c4ccccc4-c4c(-c5ccc(N(c6ccccc6)c6cccc(-c7ccc8c(c7)C7C=CCCC7N8c7ccccc7)c6)cc5)cccc43)cc2)c2cccc(-c3ccc4c(c3)c3c(n4-c4ccccc4)CCC=C3)c2)C=C1. The number of fused-ring (bicyclic) bond motifs is 16. The molecule has 4 nitrogen and oxygen atoms in total. The topological polar surface area (TPSA) is 14.7 Å². The Morgan fingerprint density at radius 1 is 0.376 bits per heavy atom. The number of rotatable bonds is 12. The summed E-state index contributed by atoms with van der Waals surface area (Å²) in [7, 11) is 0. The Morgan fingerprint density at radius 3 is 1.60 bits per heavy atom. The monoisotopic (exact) mass is 1290 g/mol. The van der Waals surface area contributed by atoms with Crippen molar-refractivity contribution in [3.8, 4) is 72.4 Å². The van der Waals surface area contributed by atoms with Crippen molar-refractivity contribution in [3.05, 3.63) is 391 Å². The predicted molar refractivity (Wildman–Crippen MR) is 422 cm³/mol. The molecule has 4 unspecified atom stereocenters. The lowest BCUT2D eigenvalue weighted by Gasteiger charge is -2.33. The minimum absolute atomic E-state index is 0.142. The molecule has 14 aromatic rings. The summed E-state index contributed by atoms with van der Waals surface area (Å²) in [6.45, 7) is 0. The Bertz CT molecular complexity index is 5720. The van der Waals surface area contributed by atoms with E-state index in [4.69, 9.17) is 0 Å². The Labute approximate surface area is 591 Å². The van der Waals surface area contributed by atoms with Gasteiger partial charge in [0, 0.05) is 74.1 Å². The van der Waals surface area contributed by atoms with Crippen molar-refractivity contribution in [2.45, 2.75) is 55.5 Å². The standard InChI is InChI=1S/C97H72N4/c1-5-27-71(28-6-1)98(77-35-21-25-67(61-77)69-53-59-93-85(63-69)81-37-15-19-47-91(81)100(93)73-31-9-3-10-32-73)75-55-49-65(50-56-75)79-41-23-45-89-95(79)83-39-13-17-43-87(83)97(89)88-44-18-14-40-84(88)96-80(42-24-46-90(96)97)66-51-57-76(58-52-66)99(72-29-7-2-8-30-72)78-36-22-26-68(62-78)70-54-60-94-86(64-70)82-38-16-20-48-92(82)101(94)74-33-11-4-12-34-74/h1-18,21-29,31-46,49-64,72,81,91H,19-20,30,47-48H2. The molecule has 2 heterocycles. The summed E-state index contributed by atoms with van der Waals surface area (Å²) in [6, 6.07) is 117. The van der Waals surface area contributed by atoms with Crippen LogP contribution < -0.4 is 14.7 Å². The molecule has 4 atom stereocenters. The zero-order valence-corrected chi connectivity index (χ0v) is 56.1. The highest BCUT2D eigenvalue weighted by Crippen LogP contribution is 2.65. The van der Waals surface area contributed by atoms with Gasteiger partial charge in [-0.2, -0.15) is 0 Å². The van der Waals surface area contributed by atoms with E-state index in [2.05, 4.69) is 377 Å². The van der Waals surface area contributed by atoms with E-state index >= 15 is 0 Å². The van der Waals surface area contributed by atoms with E-state index in [0.717, 1.165) is 54.9 Å². The van der Waals surface area contributed by atoms with E-state index < -0.39 is 5.41 Å². The van der Waals surface area contributed by atoms with Crippen molar-refractivity contribution in [2.24, 2.45) is 0 Å². The second-order valence-corrected chi connectivity index (χ2v) is 27.9.